The van der Waals surface area contributed by atoms with Crippen molar-refractivity contribution in [3.05, 3.63) is 24.3 Å². The fraction of sp³-hybridized carbons (Fsp3) is 0.619. The number of rotatable bonds is 10. The van der Waals surface area contributed by atoms with Gasteiger partial charge in [0.2, 0.25) is 21.8 Å². The van der Waals surface area contributed by atoms with Crippen molar-refractivity contribution in [3.63, 3.8) is 0 Å². The minimum Gasteiger partial charge on any atom is -0.368 e. The maximum Gasteiger partial charge on any atom is 0.245 e. The van der Waals surface area contributed by atoms with E-state index in [2.05, 4.69) is 10.6 Å². The number of nitrogens with two attached hydrogens (primary N) is 1. The van der Waals surface area contributed by atoms with Gasteiger partial charge in [-0.05, 0) is 30.9 Å². The van der Waals surface area contributed by atoms with Gasteiger partial charge in [-0.1, -0.05) is 51.7 Å². The molecule has 0 spiro atoms. The van der Waals surface area contributed by atoms with Crippen LogP contribution < -0.4 is 16.4 Å². The SMILES string of the molecule is CC[C@H](C)[C@@H](NCC(=O)Nc1ccccc1S(=O)(=O)N(C)C1CCCCC1)C(N)=O. The highest BCUT2D eigenvalue weighted by Gasteiger charge is 2.31. The van der Waals surface area contributed by atoms with Crippen LogP contribution in [-0.4, -0.2) is 50.2 Å². The molecule has 0 aliphatic heterocycles. The lowest BCUT2D eigenvalue weighted by Crippen LogP contribution is -2.48. The van der Waals surface area contributed by atoms with Crippen molar-refractivity contribution in [1.82, 2.24) is 9.62 Å². The third-order valence-electron chi connectivity index (χ3n) is 5.91. The zero-order valence-electron chi connectivity index (χ0n) is 18.1. The standard InChI is InChI=1S/C21H34N4O4S/c1-4-15(2)20(21(22)27)23-14-19(26)24-17-12-8-9-13-18(17)30(28,29)25(3)16-10-6-5-7-11-16/h8-9,12-13,15-16,20,23H,4-7,10-11,14H2,1-3H3,(H2,22,27)(H,24,26)/t15-,20+/m0/s1. The Bertz CT molecular complexity index is 837. The second-order valence-corrected chi connectivity index (χ2v) is 9.97. The van der Waals surface area contributed by atoms with E-state index in [0.29, 0.717) is 0 Å². The number of amides is 2. The number of para-hydroxylation sites is 1. The summed E-state index contributed by atoms with van der Waals surface area (Å²) >= 11 is 0. The molecule has 0 saturated heterocycles. The summed E-state index contributed by atoms with van der Waals surface area (Å²) in [5.41, 5.74) is 5.65. The van der Waals surface area contributed by atoms with Crippen LogP contribution >= 0.6 is 0 Å². The summed E-state index contributed by atoms with van der Waals surface area (Å²) in [5.74, 6) is -0.978. The first kappa shape index (κ1) is 24.3. The van der Waals surface area contributed by atoms with Crippen LogP contribution in [0.3, 0.4) is 0 Å². The quantitative estimate of drug-likeness (QED) is 0.516. The number of primary amides is 1. The Morgan fingerprint density at radius 1 is 1.20 bits per heavy atom. The van der Waals surface area contributed by atoms with E-state index in [0.717, 1.165) is 38.5 Å². The van der Waals surface area contributed by atoms with E-state index in [9.17, 15) is 18.0 Å². The van der Waals surface area contributed by atoms with Gasteiger partial charge in [0.1, 0.15) is 4.90 Å². The summed E-state index contributed by atoms with van der Waals surface area (Å²) in [4.78, 5) is 24.2. The lowest BCUT2D eigenvalue weighted by atomic mass is 9.96. The first-order valence-corrected chi connectivity index (χ1v) is 12.0. The maximum atomic E-state index is 13.2. The van der Waals surface area contributed by atoms with E-state index in [-0.39, 0.29) is 29.1 Å². The molecule has 4 N–H and O–H groups in total. The molecule has 9 heteroatoms. The van der Waals surface area contributed by atoms with E-state index >= 15 is 0 Å². The normalized spacial score (nSPS) is 17.5. The number of benzene rings is 1. The van der Waals surface area contributed by atoms with Gasteiger partial charge >= 0.3 is 0 Å². The molecule has 2 amide bonds. The predicted molar refractivity (Wildman–Crippen MR) is 117 cm³/mol. The van der Waals surface area contributed by atoms with Gasteiger partial charge in [-0.25, -0.2) is 8.42 Å². The number of carbonyl (C=O) groups excluding carboxylic acids is 2. The van der Waals surface area contributed by atoms with E-state index < -0.39 is 27.9 Å². The Morgan fingerprint density at radius 3 is 2.43 bits per heavy atom. The highest BCUT2D eigenvalue weighted by Crippen LogP contribution is 2.29. The van der Waals surface area contributed by atoms with E-state index in [1.807, 2.05) is 13.8 Å². The number of hydrogen-bond donors (Lipinski definition) is 3. The Morgan fingerprint density at radius 2 is 1.83 bits per heavy atom. The molecule has 1 aromatic rings. The molecule has 2 rings (SSSR count). The molecule has 30 heavy (non-hydrogen) atoms. The minimum absolute atomic E-state index is 0.0212. The largest absolute Gasteiger partial charge is 0.368 e. The van der Waals surface area contributed by atoms with Gasteiger partial charge in [0.25, 0.3) is 0 Å². The van der Waals surface area contributed by atoms with Gasteiger partial charge in [-0.3, -0.25) is 14.9 Å². The molecule has 2 atom stereocenters. The number of nitrogens with one attached hydrogen (secondary N) is 2. The van der Waals surface area contributed by atoms with Gasteiger partial charge < -0.3 is 11.1 Å². The van der Waals surface area contributed by atoms with Crippen molar-refractivity contribution < 1.29 is 18.0 Å². The van der Waals surface area contributed by atoms with Crippen LogP contribution in [0.4, 0.5) is 5.69 Å². The molecule has 1 aromatic carbocycles. The second kappa shape index (κ2) is 10.9. The van der Waals surface area contributed by atoms with Gasteiger partial charge in [0.15, 0.2) is 0 Å². The molecule has 8 nitrogen and oxygen atoms in total. The molecule has 0 aromatic heterocycles. The van der Waals surface area contributed by atoms with Crippen molar-refractivity contribution in [2.75, 3.05) is 18.9 Å². The lowest BCUT2D eigenvalue weighted by molar-refractivity contribution is -0.121. The fourth-order valence-electron chi connectivity index (χ4n) is 3.81. The Hall–Kier alpha value is -1.97. The van der Waals surface area contributed by atoms with Crippen LogP contribution in [0.15, 0.2) is 29.2 Å². The Kier molecular flexibility index (Phi) is 8.81. The zero-order chi connectivity index (χ0) is 22.3. The van der Waals surface area contributed by atoms with Crippen molar-refractivity contribution in [3.8, 4) is 0 Å². The highest BCUT2D eigenvalue weighted by atomic mass is 32.2. The van der Waals surface area contributed by atoms with Crippen LogP contribution in [0.5, 0.6) is 0 Å². The fourth-order valence-corrected chi connectivity index (χ4v) is 5.37. The number of carbonyl (C=O) groups is 2. The molecule has 1 saturated carbocycles. The number of hydrogen-bond acceptors (Lipinski definition) is 5. The summed E-state index contributed by atoms with van der Waals surface area (Å²) in [6.07, 6.45) is 5.60. The molecule has 0 unspecified atom stereocenters. The lowest BCUT2D eigenvalue weighted by Gasteiger charge is -2.31. The molecule has 1 fully saturated rings. The molecule has 1 aliphatic carbocycles. The smallest absolute Gasteiger partial charge is 0.245 e. The number of anilines is 1. The summed E-state index contributed by atoms with van der Waals surface area (Å²) in [6.45, 7) is 3.67. The first-order valence-electron chi connectivity index (χ1n) is 10.6. The predicted octanol–water partition coefficient (Wildman–Crippen LogP) is 2.07. The third kappa shape index (κ3) is 6.02. The maximum absolute atomic E-state index is 13.2. The average Bonchev–Trinajstić information content (AvgIpc) is 2.73. The third-order valence-corrected chi connectivity index (χ3v) is 7.88. The van der Waals surface area contributed by atoms with Gasteiger partial charge in [0, 0.05) is 13.1 Å². The monoisotopic (exact) mass is 438 g/mol. The minimum atomic E-state index is -3.75. The molecule has 1 aliphatic rings. The van der Waals surface area contributed by atoms with E-state index in [1.54, 1.807) is 25.2 Å². The van der Waals surface area contributed by atoms with Crippen molar-refractivity contribution in [2.24, 2.45) is 11.7 Å². The molecule has 0 bridgehead atoms. The van der Waals surface area contributed by atoms with Crippen molar-refractivity contribution in [1.29, 1.82) is 0 Å². The topological polar surface area (TPSA) is 122 Å². The molecule has 168 valence electrons. The molecular weight excluding hydrogens is 404 g/mol. The highest BCUT2D eigenvalue weighted by molar-refractivity contribution is 7.89. The van der Waals surface area contributed by atoms with Crippen molar-refractivity contribution in [2.45, 2.75) is 69.4 Å². The summed E-state index contributed by atoms with van der Waals surface area (Å²) in [7, 11) is -2.15. The van der Waals surface area contributed by atoms with Gasteiger partial charge in [-0.15, -0.1) is 0 Å². The second-order valence-electron chi connectivity index (χ2n) is 8.00. The molecule has 0 radical (unpaired) electrons. The summed E-state index contributed by atoms with van der Waals surface area (Å²) in [6, 6.07) is 5.73. The van der Waals surface area contributed by atoms with Crippen molar-refractivity contribution >= 4 is 27.5 Å². The summed E-state index contributed by atoms with van der Waals surface area (Å²) in [5, 5.41) is 5.54. The van der Waals surface area contributed by atoms with Crippen LogP contribution in [0, 0.1) is 5.92 Å². The number of sulfonamides is 1. The average molecular weight is 439 g/mol. The van der Waals surface area contributed by atoms with E-state index in [1.165, 1.54) is 10.4 Å². The van der Waals surface area contributed by atoms with Crippen LogP contribution in [0.1, 0.15) is 52.4 Å². The Balaban J connectivity index is 2.12. The van der Waals surface area contributed by atoms with Gasteiger partial charge in [-0.2, -0.15) is 4.31 Å². The molecular formula is C21H34N4O4S. The zero-order valence-corrected chi connectivity index (χ0v) is 18.9. The van der Waals surface area contributed by atoms with Gasteiger partial charge in [0.05, 0.1) is 18.3 Å². The molecule has 0 heterocycles. The summed E-state index contributed by atoms with van der Waals surface area (Å²) < 4.78 is 27.9. The van der Waals surface area contributed by atoms with Crippen LogP contribution in [0.25, 0.3) is 0 Å². The van der Waals surface area contributed by atoms with Crippen LogP contribution in [0.2, 0.25) is 0 Å². The Labute approximate surface area is 179 Å². The van der Waals surface area contributed by atoms with E-state index in [4.69, 9.17) is 5.73 Å². The first-order chi connectivity index (χ1) is 14.2. The van der Waals surface area contributed by atoms with Crippen LogP contribution in [-0.2, 0) is 19.6 Å². The number of nitrogens with zero attached hydrogens (tertiary/aromatic N) is 1.